The molecule has 8 heteroatoms. The largest absolute Gasteiger partial charge is 0.497 e. The molecule has 27 heavy (non-hydrogen) atoms. The van der Waals surface area contributed by atoms with Crippen LogP contribution in [-0.4, -0.2) is 33.5 Å². The van der Waals surface area contributed by atoms with Crippen molar-refractivity contribution in [3.8, 4) is 17.2 Å². The van der Waals surface area contributed by atoms with Crippen LogP contribution in [0.2, 0.25) is 0 Å². The summed E-state index contributed by atoms with van der Waals surface area (Å²) < 4.78 is 16.9. The van der Waals surface area contributed by atoms with Gasteiger partial charge < -0.3 is 24.8 Å². The summed E-state index contributed by atoms with van der Waals surface area (Å²) in [5.41, 5.74) is 2.33. The molecule has 0 aromatic heterocycles. The first-order valence-corrected chi connectivity index (χ1v) is 9.14. The zero-order valence-corrected chi connectivity index (χ0v) is 19.2. The number of hydrogen-bond donors (Lipinski definition) is 2. The predicted octanol–water partition coefficient (Wildman–Crippen LogP) is 3.71. The third kappa shape index (κ3) is 5.90. The van der Waals surface area contributed by atoms with Crippen molar-refractivity contribution in [1.29, 1.82) is 0 Å². The Balaban J connectivity index is 0.00000261. The summed E-state index contributed by atoms with van der Waals surface area (Å²) in [6, 6.07) is 12.1. The van der Waals surface area contributed by atoms with E-state index in [0.29, 0.717) is 6.54 Å². The molecule has 3 rings (SSSR count). The first kappa shape index (κ1) is 21.6. The van der Waals surface area contributed by atoms with E-state index >= 15 is 0 Å². The minimum Gasteiger partial charge on any atom is -0.497 e. The lowest BCUT2D eigenvalue weighted by atomic mass is 10.1. The van der Waals surface area contributed by atoms with Crippen molar-refractivity contribution in [2.24, 2.45) is 4.99 Å². The van der Waals surface area contributed by atoms with Crippen LogP contribution in [0.4, 0.5) is 0 Å². The van der Waals surface area contributed by atoms with E-state index in [1.807, 2.05) is 24.3 Å². The lowest BCUT2D eigenvalue weighted by Crippen LogP contribution is -2.37. The van der Waals surface area contributed by atoms with E-state index in [0.717, 1.165) is 46.2 Å². The van der Waals surface area contributed by atoms with Crippen molar-refractivity contribution < 1.29 is 14.2 Å². The Morgan fingerprint density at radius 1 is 1.15 bits per heavy atom. The minimum atomic E-state index is 0. The van der Waals surface area contributed by atoms with E-state index < -0.39 is 0 Å². The first-order chi connectivity index (χ1) is 12.7. The Kier molecular flexibility index (Phi) is 8.49. The summed E-state index contributed by atoms with van der Waals surface area (Å²) in [5.74, 6) is 3.15. The number of fused-ring (bicyclic) bond motifs is 1. The lowest BCUT2D eigenvalue weighted by Gasteiger charge is -2.13. The molecule has 6 nitrogen and oxygen atoms in total. The van der Waals surface area contributed by atoms with Gasteiger partial charge in [-0.05, 0) is 57.7 Å². The number of ether oxygens (including phenoxy) is 3. The number of methoxy groups -OCH3 is 1. The maximum atomic E-state index is 5.45. The Bertz CT molecular complexity index is 785. The van der Waals surface area contributed by atoms with Crippen LogP contribution in [0.1, 0.15) is 11.1 Å². The van der Waals surface area contributed by atoms with Gasteiger partial charge in [0.2, 0.25) is 6.79 Å². The van der Waals surface area contributed by atoms with Crippen LogP contribution in [0, 0.1) is 0 Å². The standard InChI is InChI=1S/C19H22BrN3O3.HI/c1-21-19(22-8-7-13-3-5-15(24-2)6-4-13)23-11-14-9-16(20)18-17(10-14)25-12-26-18;/h3-6,9-10H,7-8,11-12H2,1-2H3,(H2,21,22,23);1H. The molecule has 146 valence electrons. The van der Waals surface area contributed by atoms with Crippen LogP contribution < -0.4 is 24.8 Å². The fourth-order valence-corrected chi connectivity index (χ4v) is 3.25. The number of rotatable bonds is 6. The zero-order chi connectivity index (χ0) is 18.4. The SMILES string of the molecule is CN=C(NCCc1ccc(OC)cc1)NCc1cc(Br)c2c(c1)OCO2.I. The molecule has 0 saturated carbocycles. The molecule has 2 N–H and O–H groups in total. The quantitative estimate of drug-likeness (QED) is 0.328. The molecular formula is C19H23BrIN3O3. The third-order valence-corrected chi connectivity index (χ3v) is 4.62. The lowest BCUT2D eigenvalue weighted by molar-refractivity contribution is 0.173. The predicted molar refractivity (Wildman–Crippen MR) is 121 cm³/mol. The Morgan fingerprint density at radius 3 is 2.63 bits per heavy atom. The monoisotopic (exact) mass is 547 g/mol. The van der Waals surface area contributed by atoms with Gasteiger partial charge in [0.25, 0.3) is 0 Å². The molecule has 0 radical (unpaired) electrons. The highest BCUT2D eigenvalue weighted by Gasteiger charge is 2.17. The van der Waals surface area contributed by atoms with Crippen molar-refractivity contribution in [3.05, 3.63) is 52.0 Å². The molecule has 0 aliphatic carbocycles. The number of aliphatic imine (C=N–C) groups is 1. The third-order valence-electron chi connectivity index (χ3n) is 4.04. The molecule has 0 amide bonds. The number of nitrogens with one attached hydrogen (secondary N) is 2. The normalized spacial score (nSPS) is 12.3. The van der Waals surface area contributed by atoms with Gasteiger partial charge in [-0.3, -0.25) is 4.99 Å². The summed E-state index contributed by atoms with van der Waals surface area (Å²) in [4.78, 5) is 4.26. The highest BCUT2D eigenvalue weighted by atomic mass is 127. The fraction of sp³-hybridized carbons (Fsp3) is 0.316. The molecular weight excluding hydrogens is 525 g/mol. The van der Waals surface area contributed by atoms with Crippen molar-refractivity contribution in [3.63, 3.8) is 0 Å². The second-order valence-electron chi connectivity index (χ2n) is 5.76. The second-order valence-corrected chi connectivity index (χ2v) is 6.62. The van der Waals surface area contributed by atoms with E-state index in [1.54, 1.807) is 14.2 Å². The Hall–Kier alpha value is -1.68. The molecule has 1 aliphatic heterocycles. The van der Waals surface area contributed by atoms with Crippen LogP contribution >= 0.6 is 39.9 Å². The van der Waals surface area contributed by atoms with E-state index in [-0.39, 0.29) is 30.8 Å². The van der Waals surface area contributed by atoms with Crippen LogP contribution in [0.25, 0.3) is 0 Å². The summed E-state index contributed by atoms with van der Waals surface area (Å²) in [6.45, 7) is 1.69. The maximum absolute atomic E-state index is 5.45. The van der Waals surface area contributed by atoms with Gasteiger partial charge in [0.05, 0.1) is 11.6 Å². The summed E-state index contributed by atoms with van der Waals surface area (Å²) in [6.07, 6.45) is 0.903. The summed E-state index contributed by atoms with van der Waals surface area (Å²) in [7, 11) is 3.43. The highest BCUT2D eigenvalue weighted by molar-refractivity contribution is 14.0. The molecule has 2 aromatic carbocycles. The van der Waals surface area contributed by atoms with Crippen molar-refractivity contribution in [2.75, 3.05) is 27.5 Å². The zero-order valence-electron chi connectivity index (χ0n) is 15.3. The van der Waals surface area contributed by atoms with Crippen LogP contribution in [-0.2, 0) is 13.0 Å². The molecule has 0 spiro atoms. The van der Waals surface area contributed by atoms with Crippen LogP contribution in [0.3, 0.4) is 0 Å². The topological polar surface area (TPSA) is 64.1 Å². The average molecular weight is 548 g/mol. The molecule has 0 fully saturated rings. The molecule has 1 aliphatic rings. The molecule has 1 heterocycles. The molecule has 2 aromatic rings. The van der Waals surface area contributed by atoms with Gasteiger partial charge in [-0.2, -0.15) is 0 Å². The van der Waals surface area contributed by atoms with E-state index in [2.05, 4.69) is 43.7 Å². The number of hydrogen-bond acceptors (Lipinski definition) is 4. The smallest absolute Gasteiger partial charge is 0.231 e. The minimum absolute atomic E-state index is 0. The first-order valence-electron chi connectivity index (χ1n) is 8.35. The van der Waals surface area contributed by atoms with Crippen LogP contribution in [0.15, 0.2) is 45.9 Å². The number of nitrogens with zero attached hydrogens (tertiary/aromatic N) is 1. The van der Waals surface area contributed by atoms with Gasteiger partial charge in [-0.25, -0.2) is 0 Å². The van der Waals surface area contributed by atoms with Gasteiger partial charge >= 0.3 is 0 Å². The second kappa shape index (κ2) is 10.6. The van der Waals surface area contributed by atoms with Gasteiger partial charge in [-0.15, -0.1) is 24.0 Å². The summed E-state index contributed by atoms with van der Waals surface area (Å²) in [5, 5.41) is 6.63. The van der Waals surface area contributed by atoms with Crippen LogP contribution in [0.5, 0.6) is 17.2 Å². The Morgan fingerprint density at radius 2 is 1.93 bits per heavy atom. The number of benzene rings is 2. The highest BCUT2D eigenvalue weighted by Crippen LogP contribution is 2.39. The fourth-order valence-electron chi connectivity index (χ4n) is 2.65. The maximum Gasteiger partial charge on any atom is 0.231 e. The van der Waals surface area contributed by atoms with E-state index in [9.17, 15) is 0 Å². The molecule has 0 bridgehead atoms. The van der Waals surface area contributed by atoms with Gasteiger partial charge in [0, 0.05) is 20.1 Å². The average Bonchev–Trinajstić information content (AvgIpc) is 3.14. The van der Waals surface area contributed by atoms with Gasteiger partial charge in [0.15, 0.2) is 17.5 Å². The molecule has 0 saturated heterocycles. The number of halogens is 2. The van der Waals surface area contributed by atoms with Crippen molar-refractivity contribution in [2.45, 2.75) is 13.0 Å². The van der Waals surface area contributed by atoms with Crippen molar-refractivity contribution >= 4 is 45.9 Å². The van der Waals surface area contributed by atoms with E-state index in [1.165, 1.54) is 5.56 Å². The summed E-state index contributed by atoms with van der Waals surface area (Å²) >= 11 is 3.51. The molecule has 0 atom stereocenters. The number of guanidine groups is 1. The van der Waals surface area contributed by atoms with Gasteiger partial charge in [-0.1, -0.05) is 12.1 Å². The van der Waals surface area contributed by atoms with Gasteiger partial charge in [0.1, 0.15) is 5.75 Å². The Labute approximate surface area is 184 Å². The van der Waals surface area contributed by atoms with Crippen molar-refractivity contribution in [1.82, 2.24) is 10.6 Å². The molecule has 0 unspecified atom stereocenters. The van der Waals surface area contributed by atoms with E-state index in [4.69, 9.17) is 14.2 Å².